The van der Waals surface area contributed by atoms with E-state index >= 15 is 0 Å². The molecule has 3 rings (SSSR count). The minimum atomic E-state index is -3.89. The number of aromatic carboxylic acids is 1. The van der Waals surface area contributed by atoms with Gasteiger partial charge in [0.2, 0.25) is 10.0 Å². The topological polar surface area (TPSA) is 109 Å². The molecule has 0 aliphatic carbocycles. The Morgan fingerprint density at radius 2 is 1.86 bits per heavy atom. The maximum absolute atomic E-state index is 12.5. The Hall–Kier alpha value is -3.10. The van der Waals surface area contributed by atoms with Gasteiger partial charge in [0.15, 0.2) is 0 Å². The van der Waals surface area contributed by atoms with Crippen LogP contribution in [0.25, 0.3) is 0 Å². The van der Waals surface area contributed by atoms with E-state index in [0.29, 0.717) is 11.4 Å². The van der Waals surface area contributed by atoms with Gasteiger partial charge in [-0.05, 0) is 42.8 Å². The molecule has 0 aliphatic heterocycles. The molecule has 0 fully saturated rings. The van der Waals surface area contributed by atoms with Crippen molar-refractivity contribution in [2.24, 2.45) is 0 Å². The van der Waals surface area contributed by atoms with Crippen LogP contribution < -0.4 is 10.0 Å². The molecule has 0 unspecified atom stereocenters. The first-order valence-electron chi connectivity index (χ1n) is 8.58. The highest BCUT2D eigenvalue weighted by molar-refractivity contribution is 7.89. The average molecular weight is 400 g/mol. The van der Waals surface area contributed by atoms with Gasteiger partial charge in [-0.3, -0.25) is 0 Å². The van der Waals surface area contributed by atoms with Crippen molar-refractivity contribution in [3.63, 3.8) is 0 Å². The lowest BCUT2D eigenvalue weighted by Gasteiger charge is -2.18. The van der Waals surface area contributed by atoms with Gasteiger partial charge in [-0.1, -0.05) is 30.3 Å². The zero-order chi connectivity index (χ0) is 20.1. The van der Waals surface area contributed by atoms with Gasteiger partial charge in [0.05, 0.1) is 23.3 Å². The molecule has 28 heavy (non-hydrogen) atoms. The van der Waals surface area contributed by atoms with Crippen LogP contribution in [0.1, 0.15) is 34.6 Å². The molecule has 0 bridgehead atoms. The highest BCUT2D eigenvalue weighted by Crippen LogP contribution is 2.25. The highest BCUT2D eigenvalue weighted by atomic mass is 32.2. The second-order valence-corrected chi connectivity index (χ2v) is 7.96. The monoisotopic (exact) mass is 400 g/mol. The molecule has 3 aromatic rings. The van der Waals surface area contributed by atoms with E-state index in [4.69, 9.17) is 4.42 Å². The number of furan rings is 1. The molecule has 2 aromatic carbocycles. The standard InChI is InChI=1S/C20H20N2O5S/c1-14(15-6-3-2-4-7-15)22-19-10-9-17(12-18(19)20(23)24)28(25,26)21-13-16-8-5-11-27-16/h2-12,14,21-22H,13H2,1H3,(H,23,24)/t14-/m1/s1. The van der Waals surface area contributed by atoms with Gasteiger partial charge in [-0.2, -0.15) is 0 Å². The molecule has 0 aliphatic rings. The van der Waals surface area contributed by atoms with Crippen molar-refractivity contribution < 1.29 is 22.7 Å². The van der Waals surface area contributed by atoms with Crippen molar-refractivity contribution in [2.45, 2.75) is 24.4 Å². The number of anilines is 1. The average Bonchev–Trinajstić information content (AvgIpc) is 3.21. The van der Waals surface area contributed by atoms with Crippen molar-refractivity contribution in [3.8, 4) is 0 Å². The Morgan fingerprint density at radius 1 is 1.11 bits per heavy atom. The van der Waals surface area contributed by atoms with Crippen molar-refractivity contribution in [1.82, 2.24) is 4.72 Å². The summed E-state index contributed by atoms with van der Waals surface area (Å²) in [6.45, 7) is 1.87. The minimum Gasteiger partial charge on any atom is -0.478 e. The van der Waals surface area contributed by atoms with E-state index < -0.39 is 16.0 Å². The van der Waals surface area contributed by atoms with Gasteiger partial charge < -0.3 is 14.8 Å². The summed E-state index contributed by atoms with van der Waals surface area (Å²) in [5, 5.41) is 12.7. The van der Waals surface area contributed by atoms with Gasteiger partial charge in [0, 0.05) is 11.7 Å². The fraction of sp³-hybridized carbons (Fsp3) is 0.150. The summed E-state index contributed by atoms with van der Waals surface area (Å²) in [4.78, 5) is 11.6. The molecule has 1 heterocycles. The van der Waals surface area contributed by atoms with Crippen molar-refractivity contribution >= 4 is 21.7 Å². The van der Waals surface area contributed by atoms with Crippen LogP contribution in [0.5, 0.6) is 0 Å². The lowest BCUT2D eigenvalue weighted by Crippen LogP contribution is -2.23. The third kappa shape index (κ3) is 4.59. The van der Waals surface area contributed by atoms with E-state index in [1.54, 1.807) is 12.1 Å². The lowest BCUT2D eigenvalue weighted by molar-refractivity contribution is 0.0697. The Morgan fingerprint density at radius 3 is 2.50 bits per heavy atom. The molecule has 146 valence electrons. The van der Waals surface area contributed by atoms with Crippen LogP contribution in [-0.4, -0.2) is 19.5 Å². The fourth-order valence-electron chi connectivity index (χ4n) is 2.71. The quantitative estimate of drug-likeness (QED) is 0.533. The van der Waals surface area contributed by atoms with Gasteiger partial charge in [0.25, 0.3) is 0 Å². The second-order valence-electron chi connectivity index (χ2n) is 6.19. The van der Waals surface area contributed by atoms with Crippen LogP contribution in [0.15, 0.2) is 76.2 Å². The molecule has 0 saturated carbocycles. The number of rotatable bonds is 8. The Balaban J connectivity index is 1.83. The third-order valence-corrected chi connectivity index (χ3v) is 5.62. The first kappa shape index (κ1) is 19.7. The summed E-state index contributed by atoms with van der Waals surface area (Å²) in [6, 6.07) is 16.7. The first-order valence-corrected chi connectivity index (χ1v) is 10.1. The minimum absolute atomic E-state index is 0.0250. The zero-order valence-electron chi connectivity index (χ0n) is 15.1. The number of hydrogen-bond acceptors (Lipinski definition) is 5. The maximum atomic E-state index is 12.5. The van der Waals surface area contributed by atoms with Crippen LogP contribution in [0.4, 0.5) is 5.69 Å². The van der Waals surface area contributed by atoms with E-state index in [1.807, 2.05) is 37.3 Å². The van der Waals surface area contributed by atoms with Gasteiger partial charge in [-0.25, -0.2) is 17.9 Å². The predicted molar refractivity (Wildman–Crippen MR) is 105 cm³/mol. The number of hydrogen-bond donors (Lipinski definition) is 3. The Labute approximate surface area is 163 Å². The van der Waals surface area contributed by atoms with E-state index in [2.05, 4.69) is 10.0 Å². The molecule has 0 saturated heterocycles. The van der Waals surface area contributed by atoms with Crippen molar-refractivity contribution in [2.75, 3.05) is 5.32 Å². The van der Waals surface area contributed by atoms with Gasteiger partial charge >= 0.3 is 5.97 Å². The van der Waals surface area contributed by atoms with Crippen LogP contribution >= 0.6 is 0 Å². The molecule has 1 aromatic heterocycles. The Kier molecular flexibility index (Phi) is 5.81. The number of carbonyl (C=O) groups is 1. The number of carboxylic acid groups (broad SMARTS) is 1. The molecule has 0 amide bonds. The maximum Gasteiger partial charge on any atom is 0.337 e. The van der Waals surface area contributed by atoms with Crippen LogP contribution in [0.2, 0.25) is 0 Å². The van der Waals surface area contributed by atoms with Crippen LogP contribution in [-0.2, 0) is 16.6 Å². The molecular weight excluding hydrogens is 380 g/mol. The lowest BCUT2D eigenvalue weighted by atomic mass is 10.1. The number of sulfonamides is 1. The summed E-state index contributed by atoms with van der Waals surface area (Å²) in [7, 11) is -3.89. The van der Waals surface area contributed by atoms with E-state index in [-0.39, 0.29) is 23.0 Å². The van der Waals surface area contributed by atoms with Crippen molar-refractivity contribution in [1.29, 1.82) is 0 Å². The molecule has 1 atom stereocenters. The Bertz CT molecular complexity index is 1050. The summed E-state index contributed by atoms with van der Waals surface area (Å²) in [5.41, 5.74) is 1.20. The van der Waals surface area contributed by atoms with Crippen LogP contribution in [0.3, 0.4) is 0 Å². The zero-order valence-corrected chi connectivity index (χ0v) is 15.9. The summed E-state index contributed by atoms with van der Waals surface area (Å²) < 4.78 is 32.5. The van der Waals surface area contributed by atoms with E-state index in [9.17, 15) is 18.3 Å². The van der Waals surface area contributed by atoms with E-state index in [1.165, 1.54) is 18.4 Å². The fourth-order valence-corrected chi connectivity index (χ4v) is 3.73. The molecular formula is C20H20N2O5S. The number of benzene rings is 2. The molecule has 3 N–H and O–H groups in total. The summed E-state index contributed by atoms with van der Waals surface area (Å²) in [6.07, 6.45) is 1.44. The normalized spacial score (nSPS) is 12.5. The SMILES string of the molecule is C[C@@H](Nc1ccc(S(=O)(=O)NCc2ccco2)cc1C(=O)O)c1ccccc1. The summed E-state index contributed by atoms with van der Waals surface area (Å²) in [5.74, 6) is -0.761. The predicted octanol–water partition coefficient (Wildman–Crippen LogP) is 3.63. The van der Waals surface area contributed by atoms with Crippen molar-refractivity contribution in [3.05, 3.63) is 83.8 Å². The molecule has 8 heteroatoms. The van der Waals surface area contributed by atoms with E-state index in [0.717, 1.165) is 11.6 Å². The highest BCUT2D eigenvalue weighted by Gasteiger charge is 2.20. The summed E-state index contributed by atoms with van der Waals surface area (Å²) >= 11 is 0. The largest absolute Gasteiger partial charge is 0.478 e. The van der Waals surface area contributed by atoms with Gasteiger partial charge in [-0.15, -0.1) is 0 Å². The second kappa shape index (κ2) is 8.28. The van der Waals surface area contributed by atoms with Gasteiger partial charge in [0.1, 0.15) is 5.76 Å². The molecule has 0 radical (unpaired) electrons. The third-order valence-electron chi connectivity index (χ3n) is 4.22. The van der Waals surface area contributed by atoms with Crippen LogP contribution in [0, 0.1) is 0 Å². The smallest absolute Gasteiger partial charge is 0.337 e. The molecule has 0 spiro atoms. The molecule has 7 nitrogen and oxygen atoms in total. The number of nitrogens with one attached hydrogen (secondary N) is 2. The number of carboxylic acids is 1. The first-order chi connectivity index (χ1) is 13.4.